The van der Waals surface area contributed by atoms with Gasteiger partial charge in [-0.1, -0.05) is 0 Å². The maximum absolute atomic E-state index is 12.5. The van der Waals surface area contributed by atoms with Crippen LogP contribution in [0.3, 0.4) is 0 Å². The van der Waals surface area contributed by atoms with E-state index in [9.17, 15) is 4.79 Å². The number of hydrogen-bond donors (Lipinski definition) is 1. The van der Waals surface area contributed by atoms with Gasteiger partial charge in [0.2, 0.25) is 5.82 Å². The van der Waals surface area contributed by atoms with Crippen LogP contribution in [0.15, 0.2) is 30.5 Å². The van der Waals surface area contributed by atoms with E-state index in [0.717, 1.165) is 37.1 Å². The van der Waals surface area contributed by atoms with E-state index in [4.69, 9.17) is 9.47 Å². The molecule has 1 aliphatic heterocycles. The number of rotatable bonds is 2. The zero-order chi connectivity index (χ0) is 17.7. The maximum atomic E-state index is 12.5. The van der Waals surface area contributed by atoms with Crippen molar-refractivity contribution in [1.29, 1.82) is 0 Å². The van der Waals surface area contributed by atoms with E-state index in [1.165, 1.54) is 0 Å². The molecule has 0 saturated heterocycles. The Morgan fingerprint density at radius 2 is 2.00 bits per heavy atom. The molecule has 1 aromatic carbocycles. The number of nitrogens with one attached hydrogen (secondary N) is 1. The molecule has 1 spiro atoms. The smallest absolute Gasteiger partial charge is 0.295 e. The lowest BCUT2D eigenvalue weighted by atomic mass is 10.2. The van der Waals surface area contributed by atoms with Gasteiger partial charge in [-0.05, 0) is 38.0 Å². The minimum atomic E-state index is -0.517. The third-order valence-corrected chi connectivity index (χ3v) is 4.79. The lowest BCUT2D eigenvalue weighted by Gasteiger charge is -2.21. The number of aromatic nitrogens is 4. The van der Waals surface area contributed by atoms with Gasteiger partial charge in [0, 0.05) is 36.5 Å². The number of aryl methyl sites for hydroxylation is 1. The van der Waals surface area contributed by atoms with Gasteiger partial charge >= 0.3 is 0 Å². The van der Waals surface area contributed by atoms with Crippen LogP contribution < -0.4 is 14.8 Å². The van der Waals surface area contributed by atoms with E-state index in [2.05, 4.69) is 20.4 Å². The van der Waals surface area contributed by atoms with Gasteiger partial charge in [-0.25, -0.2) is 9.50 Å². The summed E-state index contributed by atoms with van der Waals surface area (Å²) < 4.78 is 13.6. The van der Waals surface area contributed by atoms with Gasteiger partial charge in [-0.2, -0.15) is 4.98 Å². The molecule has 132 valence electrons. The van der Waals surface area contributed by atoms with E-state index in [1.54, 1.807) is 28.9 Å². The fourth-order valence-electron chi connectivity index (χ4n) is 3.48. The summed E-state index contributed by atoms with van der Waals surface area (Å²) in [6, 6.07) is 7.19. The Morgan fingerprint density at radius 3 is 2.81 bits per heavy atom. The summed E-state index contributed by atoms with van der Waals surface area (Å²) in [7, 11) is 0. The van der Waals surface area contributed by atoms with Crippen molar-refractivity contribution >= 4 is 17.4 Å². The number of benzene rings is 1. The van der Waals surface area contributed by atoms with Gasteiger partial charge in [-0.3, -0.25) is 4.79 Å². The fourth-order valence-corrected chi connectivity index (χ4v) is 3.48. The predicted molar refractivity (Wildman–Crippen MR) is 92.4 cm³/mol. The van der Waals surface area contributed by atoms with Crippen molar-refractivity contribution in [2.24, 2.45) is 0 Å². The highest BCUT2D eigenvalue weighted by molar-refractivity contribution is 6.02. The normalized spacial score (nSPS) is 17.1. The van der Waals surface area contributed by atoms with E-state index in [-0.39, 0.29) is 5.82 Å². The van der Waals surface area contributed by atoms with Crippen LogP contribution in [0.25, 0.3) is 5.78 Å². The van der Waals surface area contributed by atoms with Crippen LogP contribution in [-0.4, -0.2) is 31.3 Å². The van der Waals surface area contributed by atoms with Crippen molar-refractivity contribution in [3.63, 3.8) is 0 Å². The van der Waals surface area contributed by atoms with Gasteiger partial charge in [0.05, 0.1) is 0 Å². The summed E-state index contributed by atoms with van der Waals surface area (Å²) >= 11 is 0. The molecule has 1 N–H and O–H groups in total. The predicted octanol–water partition coefficient (Wildman–Crippen LogP) is 2.73. The molecule has 1 aliphatic carbocycles. The molecule has 0 radical (unpaired) electrons. The molecule has 8 heteroatoms. The number of hydrogen-bond acceptors (Lipinski definition) is 6. The van der Waals surface area contributed by atoms with E-state index < -0.39 is 11.7 Å². The lowest BCUT2D eigenvalue weighted by molar-refractivity contribution is -0.0716. The van der Waals surface area contributed by atoms with Gasteiger partial charge in [0.1, 0.15) is 0 Å². The topological polar surface area (TPSA) is 90.6 Å². The molecule has 1 saturated carbocycles. The Balaban J connectivity index is 1.38. The zero-order valence-corrected chi connectivity index (χ0v) is 14.2. The highest BCUT2D eigenvalue weighted by atomic mass is 16.7. The lowest BCUT2D eigenvalue weighted by Crippen LogP contribution is -2.34. The van der Waals surface area contributed by atoms with E-state index >= 15 is 0 Å². The fraction of sp³-hybridized carbons (Fsp3) is 0.333. The van der Waals surface area contributed by atoms with Gasteiger partial charge in [0.25, 0.3) is 17.5 Å². The second kappa shape index (κ2) is 5.42. The molecule has 0 atom stereocenters. The van der Waals surface area contributed by atoms with Crippen LogP contribution in [0.4, 0.5) is 5.69 Å². The van der Waals surface area contributed by atoms with Gasteiger partial charge in [-0.15, -0.1) is 5.10 Å². The molecule has 0 bridgehead atoms. The molecule has 3 aromatic rings. The largest absolute Gasteiger partial charge is 0.448 e. The van der Waals surface area contributed by atoms with E-state index in [0.29, 0.717) is 17.2 Å². The molecule has 5 rings (SSSR count). The van der Waals surface area contributed by atoms with Crippen LogP contribution in [0.2, 0.25) is 0 Å². The molecule has 2 aliphatic rings. The van der Waals surface area contributed by atoms with Crippen molar-refractivity contribution in [2.75, 3.05) is 5.32 Å². The summed E-state index contributed by atoms with van der Waals surface area (Å²) in [5.74, 6) is 0.919. The van der Waals surface area contributed by atoms with Crippen LogP contribution in [0, 0.1) is 6.92 Å². The zero-order valence-electron chi connectivity index (χ0n) is 14.2. The number of fused-ring (bicyclic) bond motifs is 2. The first-order valence-corrected chi connectivity index (χ1v) is 8.64. The van der Waals surface area contributed by atoms with Crippen LogP contribution >= 0.6 is 0 Å². The second-order valence-corrected chi connectivity index (χ2v) is 6.67. The van der Waals surface area contributed by atoms with Crippen molar-refractivity contribution in [2.45, 2.75) is 38.4 Å². The highest BCUT2D eigenvalue weighted by Gasteiger charge is 2.44. The summed E-state index contributed by atoms with van der Waals surface area (Å²) in [5, 5.41) is 7.02. The minimum Gasteiger partial charge on any atom is -0.448 e. The van der Waals surface area contributed by atoms with Crippen molar-refractivity contribution in [3.05, 3.63) is 42.0 Å². The Kier molecular flexibility index (Phi) is 3.15. The first-order chi connectivity index (χ1) is 12.6. The number of amides is 1. The highest BCUT2D eigenvalue weighted by Crippen LogP contribution is 2.47. The Bertz CT molecular complexity index is 1020. The summed E-state index contributed by atoms with van der Waals surface area (Å²) in [5.41, 5.74) is 1.46. The van der Waals surface area contributed by atoms with Crippen LogP contribution in [0.5, 0.6) is 11.5 Å². The van der Waals surface area contributed by atoms with Crippen molar-refractivity contribution in [3.8, 4) is 11.5 Å². The second-order valence-electron chi connectivity index (χ2n) is 6.67. The Labute approximate surface area is 149 Å². The first kappa shape index (κ1) is 15.1. The number of carbonyl (C=O) groups excluding carboxylic acids is 1. The maximum Gasteiger partial charge on any atom is 0.295 e. The molecule has 3 heterocycles. The summed E-state index contributed by atoms with van der Waals surface area (Å²) in [6.45, 7) is 1.88. The average molecular weight is 351 g/mol. The van der Waals surface area contributed by atoms with Crippen molar-refractivity contribution in [1.82, 2.24) is 19.6 Å². The van der Waals surface area contributed by atoms with Gasteiger partial charge in [0.15, 0.2) is 11.5 Å². The van der Waals surface area contributed by atoms with Crippen LogP contribution in [-0.2, 0) is 0 Å². The number of anilines is 1. The van der Waals surface area contributed by atoms with Crippen molar-refractivity contribution < 1.29 is 14.3 Å². The molecule has 1 amide bonds. The summed E-state index contributed by atoms with van der Waals surface area (Å²) in [4.78, 5) is 20.8. The number of carbonyl (C=O) groups is 1. The quantitative estimate of drug-likeness (QED) is 0.763. The first-order valence-electron chi connectivity index (χ1n) is 8.64. The SMILES string of the molecule is Cc1ccnc2nc(C(=O)Nc3ccc4c(c3)OC3(CCCC3)O4)nn12. The Hall–Kier alpha value is -3.16. The molecule has 26 heavy (non-hydrogen) atoms. The third-order valence-electron chi connectivity index (χ3n) is 4.79. The Morgan fingerprint density at radius 1 is 1.19 bits per heavy atom. The molecular formula is C18H17N5O3. The molecule has 2 aromatic heterocycles. The number of nitrogens with zero attached hydrogens (tertiary/aromatic N) is 4. The molecular weight excluding hydrogens is 334 g/mol. The van der Waals surface area contributed by atoms with E-state index in [1.807, 2.05) is 13.0 Å². The van der Waals surface area contributed by atoms with Gasteiger partial charge < -0.3 is 14.8 Å². The summed E-state index contributed by atoms with van der Waals surface area (Å²) in [6.07, 6.45) is 5.62. The third kappa shape index (κ3) is 2.37. The molecule has 1 fully saturated rings. The monoisotopic (exact) mass is 351 g/mol. The standard InChI is InChI=1S/C18H17N5O3/c1-11-6-9-19-17-21-15(22-23(11)17)16(24)20-12-4-5-13-14(10-12)26-18(25-13)7-2-3-8-18/h4-6,9-10H,2-3,7-8H2,1H3,(H,20,24). The minimum absolute atomic E-state index is 0.0664. The van der Waals surface area contributed by atoms with Crippen LogP contribution in [0.1, 0.15) is 42.0 Å². The number of ether oxygens (including phenoxy) is 2. The molecule has 8 nitrogen and oxygen atoms in total. The average Bonchev–Trinajstić information content (AvgIpc) is 3.33. The molecule has 0 unspecified atom stereocenters.